The summed E-state index contributed by atoms with van der Waals surface area (Å²) in [7, 11) is 5.00. The Morgan fingerprint density at radius 1 is 0.708 bits per heavy atom. The van der Waals surface area contributed by atoms with Gasteiger partial charge in [-0.3, -0.25) is 19.2 Å². The zero-order chi connectivity index (χ0) is 38.2. The molecular formula is C38H70N4O6. The molecule has 0 radical (unpaired) electrons. The van der Waals surface area contributed by atoms with Gasteiger partial charge in [-0.25, -0.2) is 0 Å². The number of carbonyl (C=O) groups excluding carboxylic acids is 4. The van der Waals surface area contributed by atoms with Gasteiger partial charge in [-0.1, -0.05) is 113 Å². The van der Waals surface area contributed by atoms with Gasteiger partial charge in [-0.2, -0.15) is 0 Å². The van der Waals surface area contributed by atoms with E-state index in [1.54, 1.807) is 31.1 Å². The van der Waals surface area contributed by atoms with E-state index in [0.717, 1.165) is 12.8 Å². The predicted octanol–water partition coefficient (Wildman–Crippen LogP) is 5.59. The Hall–Kier alpha value is -3.24. The monoisotopic (exact) mass is 679 g/mol. The molecule has 0 aromatic heterocycles. The SMILES string of the molecule is CC(C)(C)/C=C/C(=O)NC1CC1.CC(C)(C)/C=C/C(=O)NCCO.CN(C)C(=O)/C=C/C(C)(C)C.COCC(=O)NC/C=C/C(C)(C)C. The van der Waals surface area contributed by atoms with Gasteiger partial charge in [-0.15, -0.1) is 0 Å². The van der Waals surface area contributed by atoms with Gasteiger partial charge in [0.2, 0.25) is 23.6 Å². The van der Waals surface area contributed by atoms with Crippen LogP contribution in [0.5, 0.6) is 0 Å². The minimum Gasteiger partial charge on any atom is -0.395 e. The molecule has 0 aromatic carbocycles. The van der Waals surface area contributed by atoms with E-state index >= 15 is 0 Å². The average molecular weight is 679 g/mol. The number of ether oxygens (including phenoxy) is 1. The molecule has 1 saturated carbocycles. The summed E-state index contributed by atoms with van der Waals surface area (Å²) in [5.41, 5.74) is 0.384. The Kier molecular flexibility index (Phi) is 25.4. The summed E-state index contributed by atoms with van der Waals surface area (Å²) in [5.74, 6) is -0.146. The first-order valence-electron chi connectivity index (χ1n) is 16.6. The molecule has 1 aliphatic carbocycles. The Balaban J connectivity index is -0.000000563. The second-order valence-electron chi connectivity index (χ2n) is 16.1. The molecular weight excluding hydrogens is 608 g/mol. The number of hydrogen-bond donors (Lipinski definition) is 4. The van der Waals surface area contributed by atoms with Crippen LogP contribution in [0.1, 0.15) is 95.9 Å². The fourth-order valence-corrected chi connectivity index (χ4v) is 2.60. The molecule has 0 atom stereocenters. The zero-order valence-electron chi connectivity index (χ0n) is 32.9. The highest BCUT2D eigenvalue weighted by atomic mass is 16.5. The van der Waals surface area contributed by atoms with Crippen molar-refractivity contribution in [1.82, 2.24) is 20.9 Å². The minimum atomic E-state index is -0.154. The van der Waals surface area contributed by atoms with E-state index in [9.17, 15) is 19.2 Å². The van der Waals surface area contributed by atoms with Crippen LogP contribution in [0.4, 0.5) is 0 Å². The lowest BCUT2D eigenvalue weighted by Crippen LogP contribution is -2.27. The number of methoxy groups -OCH3 is 1. The van der Waals surface area contributed by atoms with Crippen LogP contribution in [0.2, 0.25) is 0 Å². The number of likely N-dealkylation sites (N-methyl/N-ethyl adjacent to an activating group) is 1. The Bertz CT molecular complexity index is 1040. The molecule has 0 heterocycles. The smallest absolute Gasteiger partial charge is 0.246 e. The van der Waals surface area contributed by atoms with Crippen molar-refractivity contribution in [2.75, 3.05) is 47.5 Å². The summed E-state index contributed by atoms with van der Waals surface area (Å²) in [4.78, 5) is 45.6. The third-order valence-corrected chi connectivity index (χ3v) is 5.28. The minimum absolute atomic E-state index is 0.0188. The molecule has 0 aliphatic heterocycles. The number of rotatable bonds is 10. The van der Waals surface area contributed by atoms with Crippen LogP contribution in [0.25, 0.3) is 0 Å². The van der Waals surface area contributed by atoms with Gasteiger partial charge >= 0.3 is 0 Å². The topological polar surface area (TPSA) is 137 Å². The first-order chi connectivity index (χ1) is 21.7. The number of allylic oxidation sites excluding steroid dienone is 4. The second-order valence-corrected chi connectivity index (χ2v) is 16.1. The number of aliphatic hydroxyl groups excluding tert-OH is 1. The maximum Gasteiger partial charge on any atom is 0.246 e. The normalized spacial score (nSPS) is 13.6. The van der Waals surface area contributed by atoms with Crippen LogP contribution in [0, 0.1) is 21.7 Å². The lowest BCUT2D eigenvalue weighted by Gasteiger charge is -2.12. The molecule has 0 aromatic rings. The number of amides is 4. The summed E-state index contributed by atoms with van der Waals surface area (Å²) < 4.78 is 4.67. The van der Waals surface area contributed by atoms with E-state index < -0.39 is 0 Å². The molecule has 278 valence electrons. The third kappa shape index (κ3) is 44.9. The molecule has 48 heavy (non-hydrogen) atoms. The van der Waals surface area contributed by atoms with Gasteiger partial charge in [0.1, 0.15) is 6.61 Å². The van der Waals surface area contributed by atoms with E-state index in [2.05, 4.69) is 89.1 Å². The van der Waals surface area contributed by atoms with E-state index in [1.807, 2.05) is 45.1 Å². The fourth-order valence-electron chi connectivity index (χ4n) is 2.60. The van der Waals surface area contributed by atoms with E-state index in [0.29, 0.717) is 19.1 Å². The molecule has 4 N–H and O–H groups in total. The number of aliphatic hydroxyl groups is 1. The molecule has 1 fully saturated rings. The Labute approximate surface area is 292 Å². The number of nitrogens with zero attached hydrogens (tertiary/aromatic N) is 1. The van der Waals surface area contributed by atoms with Crippen molar-refractivity contribution in [1.29, 1.82) is 0 Å². The van der Waals surface area contributed by atoms with Crippen LogP contribution in [-0.2, 0) is 23.9 Å². The number of nitrogens with one attached hydrogen (secondary N) is 3. The highest BCUT2D eigenvalue weighted by Gasteiger charge is 2.22. The van der Waals surface area contributed by atoms with Crippen molar-refractivity contribution in [3.63, 3.8) is 0 Å². The lowest BCUT2D eigenvalue weighted by atomic mass is 9.96. The van der Waals surface area contributed by atoms with Gasteiger partial charge in [0.05, 0.1) is 6.61 Å². The molecule has 0 unspecified atom stereocenters. The number of carbonyl (C=O) groups is 4. The van der Waals surface area contributed by atoms with E-state index in [-0.39, 0.29) is 58.5 Å². The maximum atomic E-state index is 11.1. The highest BCUT2D eigenvalue weighted by molar-refractivity contribution is 5.88. The number of hydrogen-bond acceptors (Lipinski definition) is 6. The van der Waals surface area contributed by atoms with Crippen molar-refractivity contribution in [3.05, 3.63) is 48.6 Å². The Morgan fingerprint density at radius 2 is 1.15 bits per heavy atom. The third-order valence-electron chi connectivity index (χ3n) is 5.28. The van der Waals surface area contributed by atoms with Crippen LogP contribution in [0.3, 0.4) is 0 Å². The van der Waals surface area contributed by atoms with E-state index in [4.69, 9.17) is 5.11 Å². The van der Waals surface area contributed by atoms with Crippen LogP contribution in [0.15, 0.2) is 48.6 Å². The first-order valence-corrected chi connectivity index (χ1v) is 16.6. The van der Waals surface area contributed by atoms with Crippen LogP contribution < -0.4 is 16.0 Å². The quantitative estimate of drug-likeness (QED) is 0.176. The summed E-state index contributed by atoms with van der Waals surface area (Å²) >= 11 is 0. The summed E-state index contributed by atoms with van der Waals surface area (Å²) in [5, 5.41) is 16.5. The maximum absolute atomic E-state index is 11.1. The van der Waals surface area contributed by atoms with Crippen LogP contribution in [-0.4, -0.2) is 87.2 Å². The summed E-state index contributed by atoms with van der Waals surface area (Å²) in [6, 6.07) is 0.460. The second kappa shape index (κ2) is 24.8. The van der Waals surface area contributed by atoms with Crippen molar-refractivity contribution in [3.8, 4) is 0 Å². The molecule has 0 bridgehead atoms. The molecule has 1 aliphatic rings. The summed E-state index contributed by atoms with van der Waals surface area (Å²) in [6.45, 7) is 25.8. The van der Waals surface area contributed by atoms with E-state index in [1.165, 1.54) is 13.2 Å². The van der Waals surface area contributed by atoms with Gasteiger partial charge in [-0.05, 0) is 52.7 Å². The standard InChI is InChI=1S/C10H19NO2.C10H17NO.C9H17NO2.C9H17NO/c1-10(2,3)6-5-7-11-9(12)8-13-4;1-10(2,3)7-6-9(12)11-8-4-5-8;1-9(2,3)5-4-8(12)10-6-7-11;1-9(2,3)7-6-8(11)10(4)5/h5-6H,7-8H2,1-4H3,(H,11,12);6-8H,4-5H2,1-3H3,(H,11,12);4-5,11H,6-7H2,1-3H3,(H,10,12);6-7H,1-5H3/b6-5+;7-6+;5-4+;7-6+. The largest absolute Gasteiger partial charge is 0.395 e. The predicted molar refractivity (Wildman–Crippen MR) is 199 cm³/mol. The molecule has 10 heteroatoms. The highest BCUT2D eigenvalue weighted by Crippen LogP contribution is 2.19. The first kappa shape index (κ1) is 49.2. The average Bonchev–Trinajstić information content (AvgIpc) is 3.74. The van der Waals surface area contributed by atoms with Crippen LogP contribution >= 0.6 is 0 Å². The molecule has 4 amide bonds. The molecule has 10 nitrogen and oxygen atoms in total. The van der Waals surface area contributed by atoms with Crippen molar-refractivity contribution in [2.45, 2.75) is 102 Å². The van der Waals surface area contributed by atoms with Gasteiger partial charge in [0.25, 0.3) is 0 Å². The molecule has 0 spiro atoms. The zero-order valence-corrected chi connectivity index (χ0v) is 32.9. The molecule has 0 saturated heterocycles. The van der Waals surface area contributed by atoms with Crippen molar-refractivity contribution < 1.29 is 29.0 Å². The molecule has 1 rings (SSSR count). The van der Waals surface area contributed by atoms with Crippen molar-refractivity contribution >= 4 is 23.6 Å². The fraction of sp³-hybridized carbons (Fsp3) is 0.684. The van der Waals surface area contributed by atoms with Gasteiger partial charge in [0, 0.05) is 40.3 Å². The van der Waals surface area contributed by atoms with Crippen molar-refractivity contribution in [2.24, 2.45) is 21.7 Å². The summed E-state index contributed by atoms with van der Waals surface area (Å²) in [6.07, 6.45) is 16.7. The van der Waals surface area contributed by atoms with Gasteiger partial charge < -0.3 is 30.7 Å². The Morgan fingerprint density at radius 3 is 1.52 bits per heavy atom. The van der Waals surface area contributed by atoms with Gasteiger partial charge in [0.15, 0.2) is 0 Å². The lowest BCUT2D eigenvalue weighted by molar-refractivity contribution is -0.124.